The number of hydrogen-bond acceptors (Lipinski definition) is 0. The van der Waals surface area contributed by atoms with Crippen molar-refractivity contribution in [1.29, 1.82) is 0 Å². The minimum atomic E-state index is 0.769. The Labute approximate surface area is 107 Å². The predicted octanol–water partition coefficient (Wildman–Crippen LogP) is 3.82. The molecule has 0 amide bonds. The van der Waals surface area contributed by atoms with Crippen LogP contribution in [-0.4, -0.2) is 0 Å². The third-order valence-corrected chi connectivity index (χ3v) is 2.87. The number of pyridine rings is 1. The Morgan fingerprint density at radius 2 is 1.47 bits per heavy atom. The van der Waals surface area contributed by atoms with E-state index in [4.69, 9.17) is 11.6 Å². The van der Waals surface area contributed by atoms with Gasteiger partial charge in [0.05, 0.1) is 0 Å². The highest BCUT2D eigenvalue weighted by Gasteiger charge is 1.94. The number of nitrogens with zero attached hydrogens (tertiary/aromatic N) is 1. The number of aromatic nitrogens is 1. The summed E-state index contributed by atoms with van der Waals surface area (Å²) in [6.45, 7) is 3.13. The van der Waals surface area contributed by atoms with Gasteiger partial charge in [-0.05, 0) is 30.2 Å². The van der Waals surface area contributed by atoms with Gasteiger partial charge < -0.3 is 0 Å². The molecule has 1 aromatic heterocycles. The lowest BCUT2D eigenvalue weighted by molar-refractivity contribution is -0.693. The molecule has 1 heterocycles. The van der Waals surface area contributed by atoms with E-state index in [9.17, 15) is 0 Å². The maximum absolute atomic E-state index is 5.84. The van der Waals surface area contributed by atoms with E-state index < -0.39 is 0 Å². The van der Waals surface area contributed by atoms with Crippen LogP contribution in [0.15, 0.2) is 48.8 Å². The molecule has 1 aromatic carbocycles. The SMILES string of the molecule is CC[n+]1ccc(C=Cc2ccc(Cl)cc2)cc1. The van der Waals surface area contributed by atoms with Gasteiger partial charge in [-0.15, -0.1) is 0 Å². The highest BCUT2D eigenvalue weighted by molar-refractivity contribution is 6.30. The summed E-state index contributed by atoms with van der Waals surface area (Å²) < 4.78 is 2.14. The topological polar surface area (TPSA) is 3.88 Å². The Kier molecular flexibility index (Phi) is 3.94. The van der Waals surface area contributed by atoms with E-state index in [2.05, 4.69) is 48.2 Å². The highest BCUT2D eigenvalue weighted by atomic mass is 35.5. The molecule has 0 radical (unpaired) electrons. The van der Waals surface area contributed by atoms with Gasteiger partial charge >= 0.3 is 0 Å². The number of hydrogen-bond donors (Lipinski definition) is 0. The van der Waals surface area contributed by atoms with E-state index in [1.165, 1.54) is 5.56 Å². The molecule has 0 fully saturated rings. The maximum Gasteiger partial charge on any atom is 0.169 e. The average Bonchev–Trinajstić information content (AvgIpc) is 2.39. The van der Waals surface area contributed by atoms with Crippen molar-refractivity contribution < 1.29 is 4.57 Å². The molecule has 0 N–H and O–H groups in total. The largest absolute Gasteiger partial charge is 0.205 e. The molecular formula is C15H15ClN+. The molecule has 86 valence electrons. The molecule has 0 unspecified atom stereocenters. The van der Waals surface area contributed by atoms with Crippen LogP contribution in [0.25, 0.3) is 12.2 Å². The van der Waals surface area contributed by atoms with Crippen LogP contribution in [0.4, 0.5) is 0 Å². The molecule has 0 aliphatic heterocycles. The smallest absolute Gasteiger partial charge is 0.169 e. The summed E-state index contributed by atoms with van der Waals surface area (Å²) in [4.78, 5) is 0. The molecular weight excluding hydrogens is 230 g/mol. The van der Waals surface area contributed by atoms with E-state index >= 15 is 0 Å². The summed E-state index contributed by atoms with van der Waals surface area (Å²) in [6.07, 6.45) is 8.36. The Bertz CT molecular complexity index is 497. The second-order valence-corrected chi connectivity index (χ2v) is 4.28. The molecule has 0 saturated heterocycles. The summed E-state index contributed by atoms with van der Waals surface area (Å²) in [7, 11) is 0. The molecule has 0 spiro atoms. The molecule has 2 heteroatoms. The van der Waals surface area contributed by atoms with Gasteiger partial charge in [0.2, 0.25) is 0 Å². The first kappa shape index (κ1) is 11.9. The van der Waals surface area contributed by atoms with Crippen molar-refractivity contribution in [3.05, 3.63) is 64.9 Å². The Hall–Kier alpha value is -1.60. The number of benzene rings is 1. The Morgan fingerprint density at radius 1 is 0.941 bits per heavy atom. The lowest BCUT2D eigenvalue weighted by atomic mass is 10.1. The summed E-state index contributed by atoms with van der Waals surface area (Å²) in [5.74, 6) is 0. The Balaban J connectivity index is 2.11. The van der Waals surface area contributed by atoms with Crippen molar-refractivity contribution in [1.82, 2.24) is 0 Å². The van der Waals surface area contributed by atoms with Crippen LogP contribution in [0.2, 0.25) is 5.02 Å². The third kappa shape index (κ3) is 3.43. The van der Waals surface area contributed by atoms with Crippen molar-refractivity contribution in [3.63, 3.8) is 0 Å². The minimum Gasteiger partial charge on any atom is -0.205 e. The standard InChI is InChI=1S/C15H15ClN/c1-2-17-11-9-14(10-12-17)4-3-13-5-7-15(16)8-6-13/h3-12H,2H2,1H3/q+1. The molecule has 0 saturated carbocycles. The predicted molar refractivity (Wildman–Crippen MR) is 72.7 cm³/mol. The van der Waals surface area contributed by atoms with Crippen molar-refractivity contribution in [3.8, 4) is 0 Å². The summed E-state index contributed by atoms with van der Waals surface area (Å²) >= 11 is 5.84. The zero-order chi connectivity index (χ0) is 12.1. The van der Waals surface area contributed by atoms with Gasteiger partial charge in [0.25, 0.3) is 0 Å². The molecule has 2 rings (SSSR count). The van der Waals surface area contributed by atoms with Gasteiger partial charge in [-0.3, -0.25) is 0 Å². The second kappa shape index (κ2) is 5.65. The highest BCUT2D eigenvalue weighted by Crippen LogP contribution is 2.12. The minimum absolute atomic E-state index is 0.769. The van der Waals surface area contributed by atoms with Gasteiger partial charge in [-0.1, -0.05) is 35.9 Å². The lowest BCUT2D eigenvalue weighted by Gasteiger charge is -1.95. The quantitative estimate of drug-likeness (QED) is 0.723. The van der Waals surface area contributed by atoms with Crippen LogP contribution in [0.3, 0.4) is 0 Å². The first-order valence-corrected chi connectivity index (χ1v) is 6.08. The van der Waals surface area contributed by atoms with Gasteiger partial charge in [0.1, 0.15) is 6.54 Å². The second-order valence-electron chi connectivity index (χ2n) is 3.85. The van der Waals surface area contributed by atoms with Gasteiger partial charge in [0, 0.05) is 17.2 Å². The Morgan fingerprint density at radius 3 is 2.00 bits per heavy atom. The van der Waals surface area contributed by atoms with Gasteiger partial charge in [-0.2, -0.15) is 0 Å². The summed E-state index contributed by atoms with van der Waals surface area (Å²) in [5, 5.41) is 0.769. The molecule has 0 aliphatic rings. The van der Waals surface area contributed by atoms with Crippen molar-refractivity contribution in [2.45, 2.75) is 13.5 Å². The van der Waals surface area contributed by atoms with E-state index in [0.29, 0.717) is 0 Å². The van der Waals surface area contributed by atoms with Crippen LogP contribution < -0.4 is 4.57 Å². The van der Waals surface area contributed by atoms with Crippen LogP contribution in [-0.2, 0) is 6.54 Å². The molecule has 0 atom stereocenters. The van der Waals surface area contributed by atoms with Crippen molar-refractivity contribution in [2.75, 3.05) is 0 Å². The number of rotatable bonds is 3. The van der Waals surface area contributed by atoms with E-state index in [1.807, 2.05) is 24.3 Å². The molecule has 17 heavy (non-hydrogen) atoms. The first-order valence-electron chi connectivity index (χ1n) is 5.70. The number of halogens is 1. The summed E-state index contributed by atoms with van der Waals surface area (Å²) in [6, 6.07) is 12.0. The fraction of sp³-hybridized carbons (Fsp3) is 0.133. The average molecular weight is 245 g/mol. The number of aryl methyl sites for hydroxylation is 1. The summed E-state index contributed by atoms with van der Waals surface area (Å²) in [5.41, 5.74) is 2.35. The fourth-order valence-electron chi connectivity index (χ4n) is 1.56. The third-order valence-electron chi connectivity index (χ3n) is 2.62. The van der Waals surface area contributed by atoms with E-state index in [1.54, 1.807) is 0 Å². The molecule has 1 nitrogen and oxygen atoms in total. The van der Waals surface area contributed by atoms with Crippen LogP contribution in [0.1, 0.15) is 18.1 Å². The van der Waals surface area contributed by atoms with E-state index in [0.717, 1.165) is 17.1 Å². The normalized spacial score (nSPS) is 10.9. The van der Waals surface area contributed by atoms with Crippen LogP contribution in [0.5, 0.6) is 0 Å². The van der Waals surface area contributed by atoms with Gasteiger partial charge in [0.15, 0.2) is 12.4 Å². The van der Waals surface area contributed by atoms with Crippen LogP contribution >= 0.6 is 11.6 Å². The first-order chi connectivity index (χ1) is 8.28. The lowest BCUT2D eigenvalue weighted by Crippen LogP contribution is -2.30. The zero-order valence-corrected chi connectivity index (χ0v) is 10.6. The fourth-order valence-corrected chi connectivity index (χ4v) is 1.68. The molecule has 0 bridgehead atoms. The zero-order valence-electron chi connectivity index (χ0n) is 9.81. The van der Waals surface area contributed by atoms with Crippen molar-refractivity contribution in [2.24, 2.45) is 0 Å². The van der Waals surface area contributed by atoms with Crippen molar-refractivity contribution >= 4 is 23.8 Å². The van der Waals surface area contributed by atoms with Gasteiger partial charge in [-0.25, -0.2) is 4.57 Å². The molecule has 0 aliphatic carbocycles. The van der Waals surface area contributed by atoms with Crippen LogP contribution in [0, 0.1) is 0 Å². The monoisotopic (exact) mass is 244 g/mol. The maximum atomic E-state index is 5.84. The van der Waals surface area contributed by atoms with E-state index in [-0.39, 0.29) is 0 Å². The molecule has 2 aromatic rings.